The van der Waals surface area contributed by atoms with Gasteiger partial charge in [0.1, 0.15) is 23.1 Å². The molecule has 2 aromatic carbocycles. The van der Waals surface area contributed by atoms with Gasteiger partial charge in [-0.15, -0.1) is 0 Å². The Morgan fingerprint density at radius 1 is 1.13 bits per heavy atom. The molecule has 1 N–H and O–H groups in total. The molecule has 0 spiro atoms. The zero-order valence-electron chi connectivity index (χ0n) is 12.8. The highest BCUT2D eigenvalue weighted by Crippen LogP contribution is 2.22. The highest BCUT2D eigenvalue weighted by atomic mass is 35.5. The number of rotatable bonds is 6. The third-order valence-corrected chi connectivity index (χ3v) is 4.99. The number of sulfonamides is 1. The van der Waals surface area contributed by atoms with Crippen LogP contribution < -0.4 is 9.46 Å². The van der Waals surface area contributed by atoms with Crippen LogP contribution in [0.4, 0.5) is 4.39 Å². The van der Waals surface area contributed by atoms with E-state index < -0.39 is 15.8 Å². The van der Waals surface area contributed by atoms with Crippen LogP contribution in [0.1, 0.15) is 11.1 Å². The Labute approximate surface area is 140 Å². The van der Waals surface area contributed by atoms with Gasteiger partial charge in [0, 0.05) is 6.54 Å². The second-order valence-electron chi connectivity index (χ2n) is 5.14. The van der Waals surface area contributed by atoms with Crippen molar-refractivity contribution in [3.8, 4) is 5.75 Å². The molecule has 0 bridgehead atoms. The molecule has 0 aliphatic carbocycles. The quantitative estimate of drug-likeness (QED) is 0.805. The van der Waals surface area contributed by atoms with Crippen LogP contribution in [0.3, 0.4) is 0 Å². The maximum Gasteiger partial charge on any atom is 0.242 e. The zero-order chi connectivity index (χ0) is 17.0. The first-order valence-electron chi connectivity index (χ1n) is 6.94. The molecule has 0 radical (unpaired) electrons. The van der Waals surface area contributed by atoms with Gasteiger partial charge in [0.25, 0.3) is 0 Å². The summed E-state index contributed by atoms with van der Waals surface area (Å²) in [5.41, 5.74) is 2.14. The molecule has 7 heteroatoms. The van der Waals surface area contributed by atoms with E-state index in [2.05, 4.69) is 4.72 Å². The molecule has 0 saturated heterocycles. The summed E-state index contributed by atoms with van der Waals surface area (Å²) in [6, 6.07) is 8.90. The first-order valence-corrected chi connectivity index (χ1v) is 8.80. The van der Waals surface area contributed by atoms with Gasteiger partial charge < -0.3 is 4.74 Å². The fourth-order valence-electron chi connectivity index (χ4n) is 2.13. The molecular formula is C16H17ClFNO3S. The highest BCUT2D eigenvalue weighted by Gasteiger charge is 2.17. The Hall–Kier alpha value is -1.63. The van der Waals surface area contributed by atoms with Crippen LogP contribution >= 0.6 is 11.6 Å². The smallest absolute Gasteiger partial charge is 0.242 e. The minimum atomic E-state index is -3.81. The Morgan fingerprint density at radius 3 is 2.39 bits per heavy atom. The lowest BCUT2D eigenvalue weighted by atomic mass is 10.1. The first kappa shape index (κ1) is 17.7. The van der Waals surface area contributed by atoms with E-state index in [-0.39, 0.29) is 23.1 Å². The van der Waals surface area contributed by atoms with Gasteiger partial charge in [0.2, 0.25) is 10.0 Å². The van der Waals surface area contributed by atoms with E-state index in [0.717, 1.165) is 29.3 Å². The SMILES string of the molecule is Cc1cc(C)cc(OCCNS(=O)(=O)c2ccc(F)cc2Cl)c1. The van der Waals surface area contributed by atoms with E-state index in [1.165, 1.54) is 0 Å². The van der Waals surface area contributed by atoms with Crippen LogP contribution in [0, 0.1) is 19.7 Å². The molecule has 4 nitrogen and oxygen atoms in total. The van der Waals surface area contributed by atoms with E-state index in [9.17, 15) is 12.8 Å². The lowest BCUT2D eigenvalue weighted by Gasteiger charge is -2.10. The molecule has 0 aliphatic rings. The molecule has 0 aromatic heterocycles. The van der Waals surface area contributed by atoms with Crippen molar-refractivity contribution in [1.29, 1.82) is 0 Å². The van der Waals surface area contributed by atoms with Crippen molar-refractivity contribution >= 4 is 21.6 Å². The van der Waals surface area contributed by atoms with Gasteiger partial charge in [-0.1, -0.05) is 17.7 Å². The van der Waals surface area contributed by atoms with E-state index >= 15 is 0 Å². The highest BCUT2D eigenvalue weighted by molar-refractivity contribution is 7.89. The van der Waals surface area contributed by atoms with Gasteiger partial charge in [0.05, 0.1) is 5.02 Å². The van der Waals surface area contributed by atoms with Crippen LogP contribution in [0.2, 0.25) is 5.02 Å². The van der Waals surface area contributed by atoms with Crippen LogP contribution in [-0.2, 0) is 10.0 Å². The van der Waals surface area contributed by atoms with Gasteiger partial charge in [0.15, 0.2) is 0 Å². The molecule has 0 aliphatic heterocycles. The Balaban J connectivity index is 1.95. The first-order chi connectivity index (χ1) is 10.8. The molecule has 0 amide bonds. The summed E-state index contributed by atoms with van der Waals surface area (Å²) in [5.74, 6) is 0.0913. The molecule has 0 saturated carbocycles. The third kappa shape index (κ3) is 4.92. The van der Waals surface area contributed by atoms with Crippen molar-refractivity contribution in [3.05, 3.63) is 58.4 Å². The summed E-state index contributed by atoms with van der Waals surface area (Å²) in [5, 5.41) is -0.160. The van der Waals surface area contributed by atoms with Gasteiger partial charge in [-0.25, -0.2) is 17.5 Å². The predicted octanol–water partition coefficient (Wildman–Crippen LogP) is 3.45. The van der Waals surface area contributed by atoms with Crippen molar-refractivity contribution < 1.29 is 17.5 Å². The third-order valence-electron chi connectivity index (χ3n) is 3.04. The second kappa shape index (κ2) is 7.29. The van der Waals surface area contributed by atoms with Gasteiger partial charge in [-0.05, 0) is 55.3 Å². The summed E-state index contributed by atoms with van der Waals surface area (Å²) in [4.78, 5) is -0.160. The normalized spacial score (nSPS) is 11.5. The zero-order valence-corrected chi connectivity index (χ0v) is 14.3. The van der Waals surface area contributed by atoms with Crippen LogP contribution in [0.15, 0.2) is 41.3 Å². The molecule has 124 valence electrons. The molecule has 0 fully saturated rings. The summed E-state index contributed by atoms with van der Waals surface area (Å²) in [6.07, 6.45) is 0. The van der Waals surface area contributed by atoms with Crippen molar-refractivity contribution in [2.45, 2.75) is 18.7 Å². The lowest BCUT2D eigenvalue weighted by Crippen LogP contribution is -2.28. The molecule has 23 heavy (non-hydrogen) atoms. The number of benzene rings is 2. The van der Waals surface area contributed by atoms with Crippen molar-refractivity contribution in [2.75, 3.05) is 13.2 Å². The molecule has 0 heterocycles. The second-order valence-corrected chi connectivity index (χ2v) is 7.29. The summed E-state index contributed by atoms with van der Waals surface area (Å²) >= 11 is 5.77. The van der Waals surface area contributed by atoms with Crippen LogP contribution in [0.25, 0.3) is 0 Å². The van der Waals surface area contributed by atoms with Crippen molar-refractivity contribution in [1.82, 2.24) is 4.72 Å². The maximum atomic E-state index is 13.0. The molecule has 0 unspecified atom stereocenters. The number of aryl methyl sites for hydroxylation is 2. The van der Waals surface area contributed by atoms with Crippen molar-refractivity contribution in [2.24, 2.45) is 0 Å². The number of hydrogen-bond donors (Lipinski definition) is 1. The average molecular weight is 358 g/mol. The standard InChI is InChI=1S/C16H17ClFNO3S/c1-11-7-12(2)9-14(8-11)22-6-5-19-23(20,21)16-4-3-13(18)10-15(16)17/h3-4,7-10,19H,5-6H2,1-2H3. The largest absolute Gasteiger partial charge is 0.492 e. The van der Waals surface area contributed by atoms with Crippen molar-refractivity contribution in [3.63, 3.8) is 0 Å². The van der Waals surface area contributed by atoms with Gasteiger partial charge in [-0.2, -0.15) is 0 Å². The molecular weight excluding hydrogens is 341 g/mol. The summed E-state index contributed by atoms with van der Waals surface area (Å²) in [6.45, 7) is 4.15. The Kier molecular flexibility index (Phi) is 5.62. The summed E-state index contributed by atoms with van der Waals surface area (Å²) in [7, 11) is -3.81. The Bertz CT molecular complexity index is 789. The van der Waals surface area contributed by atoms with E-state index in [4.69, 9.17) is 16.3 Å². The minimum absolute atomic E-state index is 0.0724. The topological polar surface area (TPSA) is 55.4 Å². The molecule has 2 rings (SSSR count). The molecule has 2 aromatic rings. The number of hydrogen-bond acceptors (Lipinski definition) is 3. The van der Waals surface area contributed by atoms with Gasteiger partial charge in [-0.3, -0.25) is 0 Å². The van der Waals surface area contributed by atoms with Crippen LogP contribution in [0.5, 0.6) is 5.75 Å². The lowest BCUT2D eigenvalue weighted by molar-refractivity contribution is 0.322. The minimum Gasteiger partial charge on any atom is -0.492 e. The number of halogens is 2. The predicted molar refractivity (Wildman–Crippen MR) is 88.0 cm³/mol. The fourth-order valence-corrected chi connectivity index (χ4v) is 3.67. The number of nitrogens with one attached hydrogen (secondary N) is 1. The monoisotopic (exact) mass is 357 g/mol. The average Bonchev–Trinajstić information content (AvgIpc) is 2.42. The van der Waals surface area contributed by atoms with Gasteiger partial charge >= 0.3 is 0 Å². The van der Waals surface area contributed by atoms with E-state index in [1.54, 1.807) is 0 Å². The van der Waals surface area contributed by atoms with Crippen LogP contribution in [-0.4, -0.2) is 21.6 Å². The molecule has 0 atom stereocenters. The van der Waals surface area contributed by atoms with E-state index in [0.29, 0.717) is 5.75 Å². The maximum absolute atomic E-state index is 13.0. The Morgan fingerprint density at radius 2 is 1.78 bits per heavy atom. The summed E-state index contributed by atoms with van der Waals surface area (Å²) < 4.78 is 45.1. The fraction of sp³-hybridized carbons (Fsp3) is 0.250. The number of ether oxygens (including phenoxy) is 1. The van der Waals surface area contributed by atoms with E-state index in [1.807, 2.05) is 32.0 Å².